The molecule has 2 atom stereocenters. The number of anilines is 1. The second-order valence-corrected chi connectivity index (χ2v) is 7.55. The maximum atomic E-state index is 12.8. The molecule has 1 saturated heterocycles. The number of aliphatic hydroxyl groups excluding tert-OH is 1. The molecule has 1 fully saturated rings. The molecule has 2 rings (SSSR count). The standard InChI is InChI=1S/C14H22N2O3S/c1-9-6-12(15)7-10(2)14(9)20(18,19)16-5-4-13(17)11(3)8-16/h6-7,11,13,17H,4-5,8,15H2,1-3H3. The summed E-state index contributed by atoms with van der Waals surface area (Å²) in [5, 5.41) is 9.74. The number of piperidine rings is 1. The minimum atomic E-state index is -3.53. The van der Waals surface area contributed by atoms with E-state index in [0.717, 1.165) is 0 Å². The molecule has 1 aliphatic rings. The summed E-state index contributed by atoms with van der Waals surface area (Å²) in [4.78, 5) is 0.343. The van der Waals surface area contributed by atoms with Gasteiger partial charge in [0.15, 0.2) is 0 Å². The molecule has 0 saturated carbocycles. The molecule has 0 radical (unpaired) electrons. The molecule has 1 aromatic rings. The Morgan fingerprint density at radius 2 is 1.85 bits per heavy atom. The summed E-state index contributed by atoms with van der Waals surface area (Å²) < 4.78 is 27.1. The van der Waals surface area contributed by atoms with Crippen LogP contribution in [0.2, 0.25) is 0 Å². The highest BCUT2D eigenvalue weighted by atomic mass is 32.2. The number of rotatable bonds is 2. The highest BCUT2D eigenvalue weighted by Crippen LogP contribution is 2.29. The van der Waals surface area contributed by atoms with Gasteiger partial charge in [0.1, 0.15) is 0 Å². The summed E-state index contributed by atoms with van der Waals surface area (Å²) in [6.45, 7) is 6.11. The van der Waals surface area contributed by atoms with Gasteiger partial charge in [-0.1, -0.05) is 6.92 Å². The average Bonchev–Trinajstić information content (AvgIpc) is 2.30. The van der Waals surface area contributed by atoms with Crippen LogP contribution in [0.4, 0.5) is 5.69 Å². The van der Waals surface area contributed by atoms with Gasteiger partial charge in [0, 0.05) is 18.8 Å². The third-order valence-electron chi connectivity index (χ3n) is 3.90. The van der Waals surface area contributed by atoms with Gasteiger partial charge in [0.05, 0.1) is 11.0 Å². The van der Waals surface area contributed by atoms with Crippen molar-refractivity contribution in [1.29, 1.82) is 0 Å². The maximum absolute atomic E-state index is 12.8. The van der Waals surface area contributed by atoms with Gasteiger partial charge in [-0.15, -0.1) is 0 Å². The molecule has 0 bridgehead atoms. The predicted octanol–water partition coefficient (Wildman–Crippen LogP) is 1.28. The summed E-state index contributed by atoms with van der Waals surface area (Å²) in [6, 6.07) is 3.37. The van der Waals surface area contributed by atoms with E-state index in [2.05, 4.69) is 0 Å². The fraction of sp³-hybridized carbons (Fsp3) is 0.571. The van der Waals surface area contributed by atoms with E-state index in [0.29, 0.717) is 41.2 Å². The van der Waals surface area contributed by atoms with Gasteiger partial charge in [0.2, 0.25) is 10.0 Å². The van der Waals surface area contributed by atoms with Gasteiger partial charge in [-0.05, 0) is 49.4 Å². The van der Waals surface area contributed by atoms with Gasteiger partial charge in [-0.2, -0.15) is 4.31 Å². The monoisotopic (exact) mass is 298 g/mol. The second-order valence-electron chi connectivity index (χ2n) is 5.68. The Labute approximate surface area is 120 Å². The van der Waals surface area contributed by atoms with Crippen LogP contribution in [0.1, 0.15) is 24.5 Å². The lowest BCUT2D eigenvalue weighted by atomic mass is 9.99. The molecule has 5 nitrogen and oxygen atoms in total. The molecule has 1 aromatic carbocycles. The van der Waals surface area contributed by atoms with Crippen LogP contribution in [-0.2, 0) is 10.0 Å². The molecule has 20 heavy (non-hydrogen) atoms. The number of aryl methyl sites for hydroxylation is 2. The Balaban J connectivity index is 2.41. The van der Waals surface area contributed by atoms with E-state index in [1.165, 1.54) is 4.31 Å². The van der Waals surface area contributed by atoms with E-state index in [-0.39, 0.29) is 5.92 Å². The highest BCUT2D eigenvalue weighted by Gasteiger charge is 2.34. The number of nitrogens with two attached hydrogens (primary N) is 1. The molecular weight excluding hydrogens is 276 g/mol. The molecule has 2 unspecified atom stereocenters. The molecule has 0 spiro atoms. The van der Waals surface area contributed by atoms with Crippen molar-refractivity contribution < 1.29 is 13.5 Å². The van der Waals surface area contributed by atoms with Crippen molar-refractivity contribution in [2.75, 3.05) is 18.8 Å². The lowest BCUT2D eigenvalue weighted by Crippen LogP contribution is -2.45. The van der Waals surface area contributed by atoms with E-state index in [4.69, 9.17) is 5.73 Å². The Morgan fingerprint density at radius 3 is 2.35 bits per heavy atom. The van der Waals surface area contributed by atoms with Crippen LogP contribution in [0, 0.1) is 19.8 Å². The predicted molar refractivity (Wildman–Crippen MR) is 78.9 cm³/mol. The van der Waals surface area contributed by atoms with E-state index < -0.39 is 16.1 Å². The zero-order chi connectivity index (χ0) is 15.1. The molecule has 112 valence electrons. The van der Waals surface area contributed by atoms with Gasteiger partial charge in [0.25, 0.3) is 0 Å². The first kappa shape index (κ1) is 15.3. The van der Waals surface area contributed by atoms with Crippen molar-refractivity contribution in [3.8, 4) is 0 Å². The largest absolute Gasteiger partial charge is 0.399 e. The minimum Gasteiger partial charge on any atom is -0.399 e. The Hall–Kier alpha value is -1.11. The summed E-state index contributed by atoms with van der Waals surface area (Å²) in [6.07, 6.45) is 0.0584. The summed E-state index contributed by atoms with van der Waals surface area (Å²) in [5.74, 6) is -0.0482. The smallest absolute Gasteiger partial charge is 0.243 e. The van der Waals surface area contributed by atoms with Crippen molar-refractivity contribution in [3.63, 3.8) is 0 Å². The summed E-state index contributed by atoms with van der Waals surface area (Å²) in [7, 11) is -3.53. The van der Waals surface area contributed by atoms with Crippen molar-refractivity contribution in [2.24, 2.45) is 5.92 Å². The molecule has 1 heterocycles. The summed E-state index contributed by atoms with van der Waals surface area (Å²) in [5.41, 5.74) is 7.66. The average molecular weight is 298 g/mol. The fourth-order valence-electron chi connectivity index (χ4n) is 2.83. The number of benzene rings is 1. The van der Waals surface area contributed by atoms with Gasteiger partial charge in [-0.25, -0.2) is 8.42 Å². The number of sulfonamides is 1. The molecule has 1 aliphatic heterocycles. The summed E-state index contributed by atoms with van der Waals surface area (Å²) >= 11 is 0. The van der Waals surface area contributed by atoms with Crippen molar-refractivity contribution >= 4 is 15.7 Å². The molecule has 6 heteroatoms. The zero-order valence-electron chi connectivity index (χ0n) is 12.1. The van der Waals surface area contributed by atoms with Crippen LogP contribution in [0.5, 0.6) is 0 Å². The SMILES string of the molecule is Cc1cc(N)cc(C)c1S(=O)(=O)N1CCC(O)C(C)C1. The maximum Gasteiger partial charge on any atom is 0.243 e. The molecule has 0 aromatic heterocycles. The van der Waals surface area contributed by atoms with E-state index >= 15 is 0 Å². The van der Waals surface area contributed by atoms with Crippen LogP contribution in [-0.4, -0.2) is 37.0 Å². The Morgan fingerprint density at radius 1 is 1.30 bits per heavy atom. The van der Waals surface area contributed by atoms with Crippen molar-refractivity contribution in [3.05, 3.63) is 23.3 Å². The number of nitrogen functional groups attached to an aromatic ring is 1. The number of hydrogen-bond donors (Lipinski definition) is 2. The number of nitrogens with zero attached hydrogens (tertiary/aromatic N) is 1. The first-order valence-electron chi connectivity index (χ1n) is 6.78. The Kier molecular flexibility index (Phi) is 4.09. The van der Waals surface area contributed by atoms with E-state index in [1.807, 2.05) is 6.92 Å². The quantitative estimate of drug-likeness (QED) is 0.806. The van der Waals surface area contributed by atoms with Crippen LogP contribution >= 0.6 is 0 Å². The van der Waals surface area contributed by atoms with Crippen LogP contribution in [0.25, 0.3) is 0 Å². The first-order chi connectivity index (χ1) is 9.23. The van der Waals surface area contributed by atoms with Gasteiger partial charge < -0.3 is 10.8 Å². The zero-order valence-corrected chi connectivity index (χ0v) is 12.9. The van der Waals surface area contributed by atoms with Gasteiger partial charge >= 0.3 is 0 Å². The van der Waals surface area contributed by atoms with Crippen molar-refractivity contribution in [1.82, 2.24) is 4.31 Å². The number of hydrogen-bond acceptors (Lipinski definition) is 4. The fourth-order valence-corrected chi connectivity index (χ4v) is 4.80. The number of aliphatic hydroxyl groups is 1. The lowest BCUT2D eigenvalue weighted by molar-refractivity contribution is 0.0628. The van der Waals surface area contributed by atoms with Crippen LogP contribution < -0.4 is 5.73 Å². The Bertz CT molecular complexity index is 590. The third-order valence-corrected chi connectivity index (χ3v) is 6.07. The lowest BCUT2D eigenvalue weighted by Gasteiger charge is -2.34. The van der Waals surface area contributed by atoms with Crippen LogP contribution in [0.3, 0.4) is 0 Å². The normalized spacial score (nSPS) is 24.8. The molecular formula is C14H22N2O3S. The molecule has 0 aliphatic carbocycles. The minimum absolute atomic E-state index is 0.0482. The van der Waals surface area contributed by atoms with Crippen LogP contribution in [0.15, 0.2) is 17.0 Å². The molecule has 0 amide bonds. The highest BCUT2D eigenvalue weighted by molar-refractivity contribution is 7.89. The first-order valence-corrected chi connectivity index (χ1v) is 8.22. The van der Waals surface area contributed by atoms with E-state index in [9.17, 15) is 13.5 Å². The third kappa shape index (κ3) is 2.68. The van der Waals surface area contributed by atoms with Crippen molar-refractivity contribution in [2.45, 2.75) is 38.2 Å². The molecule has 3 N–H and O–H groups in total. The second kappa shape index (κ2) is 5.35. The van der Waals surface area contributed by atoms with E-state index in [1.54, 1.807) is 26.0 Å². The topological polar surface area (TPSA) is 83.6 Å². The van der Waals surface area contributed by atoms with Gasteiger partial charge in [-0.3, -0.25) is 0 Å².